The fraction of sp³-hybridized carbons (Fsp3) is 0.700. The van der Waals surface area contributed by atoms with Crippen molar-refractivity contribution < 1.29 is 14.3 Å². The molecule has 1 saturated carbocycles. The van der Waals surface area contributed by atoms with Gasteiger partial charge < -0.3 is 15.4 Å². The van der Waals surface area contributed by atoms with Gasteiger partial charge in [0.05, 0.1) is 5.54 Å². The van der Waals surface area contributed by atoms with Gasteiger partial charge in [-0.05, 0) is 51.5 Å². The van der Waals surface area contributed by atoms with Crippen molar-refractivity contribution in [3.05, 3.63) is 22.4 Å². The predicted octanol–water partition coefficient (Wildman–Crippen LogP) is 4.41. The van der Waals surface area contributed by atoms with E-state index in [0.29, 0.717) is 13.0 Å². The SMILES string of the molecule is CC(C)(C)OC(=O)NC1(CNC(=O)CCc2cccs2)CCCCCC1. The molecule has 6 heteroatoms. The van der Waals surface area contributed by atoms with Crippen LogP contribution in [0.5, 0.6) is 0 Å². The average molecular weight is 381 g/mol. The standard InChI is InChI=1S/C20H32N2O3S/c1-19(2,3)25-18(24)22-20(12-6-4-5-7-13-20)15-21-17(23)11-10-16-9-8-14-26-16/h8-9,14H,4-7,10-13,15H2,1-3H3,(H,21,23)(H,22,24). The lowest BCUT2D eigenvalue weighted by Gasteiger charge is -2.35. The molecule has 2 rings (SSSR count). The molecular formula is C20H32N2O3S. The van der Waals surface area contributed by atoms with Crippen molar-refractivity contribution in [2.24, 2.45) is 0 Å². The van der Waals surface area contributed by atoms with Crippen LogP contribution in [0.4, 0.5) is 4.79 Å². The normalized spacial score (nSPS) is 17.2. The first-order chi connectivity index (χ1) is 12.3. The number of rotatable bonds is 6. The highest BCUT2D eigenvalue weighted by molar-refractivity contribution is 7.09. The fourth-order valence-corrected chi connectivity index (χ4v) is 4.03. The Balaban J connectivity index is 1.90. The minimum Gasteiger partial charge on any atom is -0.444 e. The summed E-state index contributed by atoms with van der Waals surface area (Å²) in [5.41, 5.74) is -0.933. The molecule has 2 N–H and O–H groups in total. The van der Waals surface area contributed by atoms with Crippen LogP contribution in [-0.2, 0) is 16.0 Å². The summed E-state index contributed by atoms with van der Waals surface area (Å²) in [4.78, 5) is 25.8. The first kappa shape index (κ1) is 20.7. The van der Waals surface area contributed by atoms with Crippen molar-refractivity contribution in [2.45, 2.75) is 83.3 Å². The summed E-state index contributed by atoms with van der Waals surface area (Å²) in [6, 6.07) is 4.05. The van der Waals surface area contributed by atoms with Gasteiger partial charge >= 0.3 is 6.09 Å². The van der Waals surface area contributed by atoms with Gasteiger partial charge in [0.1, 0.15) is 5.60 Å². The zero-order valence-corrected chi connectivity index (χ0v) is 17.0. The molecule has 146 valence electrons. The second-order valence-corrected chi connectivity index (χ2v) is 9.21. The van der Waals surface area contributed by atoms with E-state index in [0.717, 1.165) is 32.1 Å². The van der Waals surface area contributed by atoms with E-state index in [1.807, 2.05) is 32.2 Å². The fourth-order valence-electron chi connectivity index (χ4n) is 3.32. The Bertz CT molecular complexity index is 570. The highest BCUT2D eigenvalue weighted by Crippen LogP contribution is 2.27. The number of carbonyl (C=O) groups is 2. The van der Waals surface area contributed by atoms with Gasteiger partial charge in [0.25, 0.3) is 0 Å². The molecule has 0 bridgehead atoms. The summed E-state index contributed by atoms with van der Waals surface area (Å²) < 4.78 is 5.45. The Kier molecular flexibility index (Phi) is 7.50. The molecule has 1 aliphatic carbocycles. The van der Waals surface area contributed by atoms with Gasteiger partial charge in [0, 0.05) is 17.8 Å². The van der Waals surface area contributed by atoms with Crippen LogP contribution < -0.4 is 10.6 Å². The lowest BCUT2D eigenvalue weighted by atomic mass is 9.90. The van der Waals surface area contributed by atoms with Crippen molar-refractivity contribution in [2.75, 3.05) is 6.54 Å². The maximum absolute atomic E-state index is 12.3. The Labute approximate surface area is 160 Å². The summed E-state index contributed by atoms with van der Waals surface area (Å²) in [5, 5.41) is 8.15. The van der Waals surface area contributed by atoms with E-state index in [4.69, 9.17) is 4.74 Å². The van der Waals surface area contributed by atoms with Crippen molar-refractivity contribution in [1.29, 1.82) is 0 Å². The first-order valence-electron chi connectivity index (χ1n) is 9.58. The van der Waals surface area contributed by atoms with E-state index in [2.05, 4.69) is 16.7 Å². The number of nitrogens with one attached hydrogen (secondary N) is 2. The largest absolute Gasteiger partial charge is 0.444 e. The number of thiophene rings is 1. The Hall–Kier alpha value is -1.56. The molecule has 1 aliphatic rings. The molecule has 0 aromatic carbocycles. The molecule has 1 aromatic heterocycles. The third-order valence-corrected chi connectivity index (χ3v) is 5.57. The maximum atomic E-state index is 12.3. The molecule has 0 saturated heterocycles. The third-order valence-electron chi connectivity index (χ3n) is 4.63. The number of ether oxygens (including phenoxy) is 1. The summed E-state index contributed by atoms with van der Waals surface area (Å²) in [6.07, 6.45) is 7.04. The summed E-state index contributed by atoms with van der Waals surface area (Å²) in [5.74, 6) is 0.0352. The number of carbonyl (C=O) groups excluding carboxylic acids is 2. The second kappa shape index (κ2) is 9.40. The lowest BCUT2D eigenvalue weighted by Crippen LogP contribution is -2.56. The quantitative estimate of drug-likeness (QED) is 0.718. The van der Waals surface area contributed by atoms with Crippen LogP contribution in [0.15, 0.2) is 17.5 Å². The second-order valence-electron chi connectivity index (χ2n) is 8.18. The first-order valence-corrected chi connectivity index (χ1v) is 10.5. The number of amides is 2. The molecule has 0 unspecified atom stereocenters. The van der Waals surface area contributed by atoms with Crippen LogP contribution in [0.1, 0.15) is 70.6 Å². The van der Waals surface area contributed by atoms with E-state index in [9.17, 15) is 9.59 Å². The molecule has 5 nitrogen and oxygen atoms in total. The van der Waals surface area contributed by atoms with Gasteiger partial charge in [0.2, 0.25) is 5.91 Å². The van der Waals surface area contributed by atoms with Crippen LogP contribution in [-0.4, -0.2) is 29.7 Å². The Morgan fingerprint density at radius 2 is 1.88 bits per heavy atom. The van der Waals surface area contributed by atoms with Gasteiger partial charge in [-0.25, -0.2) is 4.79 Å². The zero-order chi connectivity index (χ0) is 19.0. The van der Waals surface area contributed by atoms with Crippen molar-refractivity contribution >= 4 is 23.3 Å². The molecule has 1 aromatic rings. The van der Waals surface area contributed by atoms with Gasteiger partial charge in [-0.3, -0.25) is 4.79 Å². The molecule has 0 atom stereocenters. The molecule has 0 aliphatic heterocycles. The van der Waals surface area contributed by atoms with E-state index in [-0.39, 0.29) is 5.91 Å². The molecule has 26 heavy (non-hydrogen) atoms. The molecule has 2 amide bonds. The molecule has 1 heterocycles. The minimum atomic E-state index is -0.528. The summed E-state index contributed by atoms with van der Waals surface area (Å²) >= 11 is 1.67. The van der Waals surface area contributed by atoms with E-state index >= 15 is 0 Å². The summed E-state index contributed by atoms with van der Waals surface area (Å²) in [6.45, 7) is 6.05. The molecular weight excluding hydrogens is 348 g/mol. The van der Waals surface area contributed by atoms with Crippen LogP contribution in [0.25, 0.3) is 0 Å². The average Bonchev–Trinajstić information content (AvgIpc) is 2.96. The van der Waals surface area contributed by atoms with E-state index in [1.54, 1.807) is 11.3 Å². The van der Waals surface area contributed by atoms with Crippen molar-refractivity contribution in [3.8, 4) is 0 Å². The molecule has 0 spiro atoms. The van der Waals surface area contributed by atoms with Crippen LogP contribution in [0.2, 0.25) is 0 Å². The van der Waals surface area contributed by atoms with Crippen molar-refractivity contribution in [1.82, 2.24) is 10.6 Å². The van der Waals surface area contributed by atoms with Gasteiger partial charge in [-0.15, -0.1) is 11.3 Å². The zero-order valence-electron chi connectivity index (χ0n) is 16.2. The van der Waals surface area contributed by atoms with Crippen LogP contribution >= 0.6 is 11.3 Å². The van der Waals surface area contributed by atoms with Gasteiger partial charge in [-0.1, -0.05) is 31.7 Å². The third kappa shape index (κ3) is 7.36. The van der Waals surface area contributed by atoms with Gasteiger partial charge in [-0.2, -0.15) is 0 Å². The van der Waals surface area contributed by atoms with Crippen LogP contribution in [0, 0.1) is 0 Å². The Morgan fingerprint density at radius 3 is 2.46 bits per heavy atom. The number of hydrogen-bond acceptors (Lipinski definition) is 4. The smallest absolute Gasteiger partial charge is 0.408 e. The van der Waals surface area contributed by atoms with E-state index < -0.39 is 17.2 Å². The predicted molar refractivity (Wildman–Crippen MR) is 105 cm³/mol. The monoisotopic (exact) mass is 380 g/mol. The maximum Gasteiger partial charge on any atom is 0.408 e. The van der Waals surface area contributed by atoms with E-state index in [1.165, 1.54) is 17.7 Å². The number of aryl methyl sites for hydroxylation is 1. The van der Waals surface area contributed by atoms with Gasteiger partial charge in [0.15, 0.2) is 0 Å². The number of alkyl carbamates (subject to hydrolysis) is 1. The molecule has 0 radical (unpaired) electrons. The topological polar surface area (TPSA) is 67.4 Å². The highest BCUT2D eigenvalue weighted by atomic mass is 32.1. The molecule has 1 fully saturated rings. The van der Waals surface area contributed by atoms with Crippen molar-refractivity contribution in [3.63, 3.8) is 0 Å². The minimum absolute atomic E-state index is 0.0352. The Morgan fingerprint density at radius 1 is 1.19 bits per heavy atom. The summed E-state index contributed by atoms with van der Waals surface area (Å²) in [7, 11) is 0. The highest BCUT2D eigenvalue weighted by Gasteiger charge is 2.34. The number of hydrogen-bond donors (Lipinski definition) is 2. The van der Waals surface area contributed by atoms with Crippen LogP contribution in [0.3, 0.4) is 0 Å². The lowest BCUT2D eigenvalue weighted by molar-refractivity contribution is -0.121.